The first-order chi connectivity index (χ1) is 14.2. The van der Waals surface area contributed by atoms with Crippen molar-refractivity contribution in [3.63, 3.8) is 0 Å². The van der Waals surface area contributed by atoms with E-state index in [9.17, 15) is 9.18 Å². The predicted molar refractivity (Wildman–Crippen MR) is 103 cm³/mol. The number of hydrogen-bond donors (Lipinski definition) is 1. The molecule has 1 aromatic carbocycles. The third-order valence-electron chi connectivity index (χ3n) is 3.94. The molecule has 152 valence electrons. The lowest BCUT2D eigenvalue weighted by molar-refractivity contribution is -0.116. The molecule has 0 saturated heterocycles. The minimum atomic E-state index is -0.329. The fourth-order valence-electron chi connectivity index (χ4n) is 2.51. The number of hydrogen-bond acceptors (Lipinski definition) is 7. The summed E-state index contributed by atoms with van der Waals surface area (Å²) in [6.07, 6.45) is 2.83. The van der Waals surface area contributed by atoms with Gasteiger partial charge in [-0.15, -0.1) is 0 Å². The van der Waals surface area contributed by atoms with Crippen molar-refractivity contribution in [2.45, 2.75) is 19.3 Å². The number of halogens is 1. The van der Waals surface area contributed by atoms with Crippen LogP contribution in [0.5, 0.6) is 5.88 Å². The Balaban J connectivity index is 1.48. The molecule has 0 aliphatic heterocycles. The van der Waals surface area contributed by atoms with Gasteiger partial charge in [-0.05, 0) is 42.8 Å². The number of rotatable bonds is 10. The maximum atomic E-state index is 13.0. The lowest BCUT2D eigenvalue weighted by Gasteiger charge is -2.10. The average Bonchev–Trinajstić information content (AvgIpc) is 3.19. The molecule has 1 amide bonds. The summed E-state index contributed by atoms with van der Waals surface area (Å²) in [5.74, 6) is 0.649. The van der Waals surface area contributed by atoms with Gasteiger partial charge in [0.2, 0.25) is 23.5 Å². The van der Waals surface area contributed by atoms with E-state index in [0.29, 0.717) is 54.9 Å². The number of methoxy groups -OCH3 is 1. The smallest absolute Gasteiger partial charge is 0.237 e. The SMILES string of the molecule is COCCOc1ncccc1NC(=O)CCCc1nc(-c2ccc(F)cc2)no1. The van der Waals surface area contributed by atoms with Crippen molar-refractivity contribution in [1.29, 1.82) is 0 Å². The zero-order valence-corrected chi connectivity index (χ0v) is 15.9. The third kappa shape index (κ3) is 6.08. The number of aryl methyl sites for hydroxylation is 1. The van der Waals surface area contributed by atoms with Gasteiger partial charge in [0.05, 0.1) is 6.61 Å². The summed E-state index contributed by atoms with van der Waals surface area (Å²) in [6, 6.07) is 9.27. The molecular weight excluding hydrogens is 379 g/mol. The summed E-state index contributed by atoms with van der Waals surface area (Å²) in [7, 11) is 1.58. The Morgan fingerprint density at radius 3 is 2.83 bits per heavy atom. The molecule has 0 radical (unpaired) electrons. The molecule has 1 N–H and O–H groups in total. The molecule has 2 aromatic heterocycles. The lowest BCUT2D eigenvalue weighted by atomic mass is 10.2. The summed E-state index contributed by atoms with van der Waals surface area (Å²) >= 11 is 0. The largest absolute Gasteiger partial charge is 0.474 e. The number of carbonyl (C=O) groups is 1. The maximum Gasteiger partial charge on any atom is 0.237 e. The minimum absolute atomic E-state index is 0.173. The first kappa shape index (κ1) is 20.4. The van der Waals surface area contributed by atoms with Gasteiger partial charge in [0.1, 0.15) is 18.1 Å². The summed E-state index contributed by atoms with van der Waals surface area (Å²) in [5, 5.41) is 6.68. The predicted octanol–water partition coefficient (Wildman–Crippen LogP) is 3.26. The average molecular weight is 400 g/mol. The van der Waals surface area contributed by atoms with Crippen LogP contribution in [0.25, 0.3) is 11.4 Å². The zero-order chi connectivity index (χ0) is 20.5. The van der Waals surface area contributed by atoms with E-state index in [1.807, 2.05) is 0 Å². The number of benzene rings is 1. The van der Waals surface area contributed by atoms with Crippen molar-refractivity contribution in [2.75, 3.05) is 25.6 Å². The van der Waals surface area contributed by atoms with E-state index in [1.165, 1.54) is 12.1 Å². The number of nitrogens with one attached hydrogen (secondary N) is 1. The van der Waals surface area contributed by atoms with Gasteiger partial charge >= 0.3 is 0 Å². The minimum Gasteiger partial charge on any atom is -0.474 e. The second kappa shape index (κ2) is 10.3. The molecule has 3 rings (SSSR count). The lowest BCUT2D eigenvalue weighted by Crippen LogP contribution is -2.14. The molecule has 8 nitrogen and oxygen atoms in total. The fourth-order valence-corrected chi connectivity index (χ4v) is 2.51. The van der Waals surface area contributed by atoms with Crippen molar-refractivity contribution in [3.8, 4) is 17.3 Å². The molecule has 0 fully saturated rings. The highest BCUT2D eigenvalue weighted by Crippen LogP contribution is 2.21. The molecule has 0 saturated carbocycles. The molecule has 9 heteroatoms. The van der Waals surface area contributed by atoms with Crippen LogP contribution < -0.4 is 10.1 Å². The zero-order valence-electron chi connectivity index (χ0n) is 15.9. The molecule has 2 heterocycles. The van der Waals surface area contributed by atoms with Crippen molar-refractivity contribution in [3.05, 3.63) is 54.3 Å². The highest BCUT2D eigenvalue weighted by atomic mass is 19.1. The van der Waals surface area contributed by atoms with Gasteiger partial charge in [-0.25, -0.2) is 9.37 Å². The number of pyridine rings is 1. The number of ether oxygens (including phenoxy) is 2. The van der Waals surface area contributed by atoms with Crippen LogP contribution in [0.2, 0.25) is 0 Å². The number of anilines is 1. The third-order valence-corrected chi connectivity index (χ3v) is 3.94. The Morgan fingerprint density at radius 2 is 2.03 bits per heavy atom. The maximum absolute atomic E-state index is 13.0. The van der Waals surface area contributed by atoms with E-state index < -0.39 is 0 Å². The van der Waals surface area contributed by atoms with E-state index in [0.717, 1.165) is 0 Å². The van der Waals surface area contributed by atoms with E-state index in [2.05, 4.69) is 20.4 Å². The van der Waals surface area contributed by atoms with Crippen LogP contribution in [0.1, 0.15) is 18.7 Å². The Kier molecular flexibility index (Phi) is 7.23. The van der Waals surface area contributed by atoms with Crippen molar-refractivity contribution in [2.24, 2.45) is 0 Å². The van der Waals surface area contributed by atoms with Crippen LogP contribution in [0.15, 0.2) is 47.1 Å². The monoisotopic (exact) mass is 400 g/mol. The number of aromatic nitrogens is 3. The number of amides is 1. The molecule has 3 aromatic rings. The van der Waals surface area contributed by atoms with E-state index in [-0.39, 0.29) is 18.1 Å². The molecule has 0 aliphatic rings. The molecule has 0 unspecified atom stereocenters. The van der Waals surface area contributed by atoms with Crippen LogP contribution in [0.4, 0.5) is 10.1 Å². The quantitative estimate of drug-likeness (QED) is 0.522. The van der Waals surface area contributed by atoms with Crippen LogP contribution >= 0.6 is 0 Å². The Labute approximate surface area is 167 Å². The standard InChI is InChI=1S/C20H21FN4O4/c1-27-12-13-28-20-16(4-3-11-22-20)23-17(26)5-2-6-18-24-19(25-29-18)14-7-9-15(21)10-8-14/h3-4,7-11H,2,5-6,12-13H2,1H3,(H,23,26). The van der Waals surface area contributed by atoms with Gasteiger partial charge in [0.15, 0.2) is 0 Å². The van der Waals surface area contributed by atoms with E-state index in [1.54, 1.807) is 37.6 Å². The van der Waals surface area contributed by atoms with Gasteiger partial charge in [-0.2, -0.15) is 4.98 Å². The molecule has 0 aliphatic carbocycles. The van der Waals surface area contributed by atoms with Crippen LogP contribution in [0, 0.1) is 5.82 Å². The van der Waals surface area contributed by atoms with Gasteiger partial charge in [0, 0.05) is 31.7 Å². The Hall–Kier alpha value is -3.33. The van der Waals surface area contributed by atoms with E-state index >= 15 is 0 Å². The highest BCUT2D eigenvalue weighted by Gasteiger charge is 2.12. The Bertz CT molecular complexity index is 930. The van der Waals surface area contributed by atoms with Crippen molar-refractivity contribution in [1.82, 2.24) is 15.1 Å². The van der Waals surface area contributed by atoms with Gasteiger partial charge < -0.3 is 19.3 Å². The normalized spacial score (nSPS) is 10.7. The number of carbonyl (C=O) groups excluding carboxylic acids is 1. The molecular formula is C20H21FN4O4. The fraction of sp³-hybridized carbons (Fsp3) is 0.300. The first-order valence-corrected chi connectivity index (χ1v) is 9.11. The van der Waals surface area contributed by atoms with Gasteiger partial charge in [0.25, 0.3) is 0 Å². The molecule has 0 atom stereocenters. The first-order valence-electron chi connectivity index (χ1n) is 9.11. The van der Waals surface area contributed by atoms with Crippen LogP contribution in [-0.2, 0) is 16.0 Å². The van der Waals surface area contributed by atoms with Crippen molar-refractivity contribution >= 4 is 11.6 Å². The molecule has 0 bridgehead atoms. The van der Waals surface area contributed by atoms with Gasteiger partial charge in [-0.3, -0.25) is 4.79 Å². The van der Waals surface area contributed by atoms with Crippen LogP contribution in [0.3, 0.4) is 0 Å². The summed E-state index contributed by atoms with van der Waals surface area (Å²) in [5.41, 5.74) is 1.17. The second-order valence-electron chi connectivity index (χ2n) is 6.12. The van der Waals surface area contributed by atoms with Crippen molar-refractivity contribution < 1.29 is 23.2 Å². The summed E-state index contributed by atoms with van der Waals surface area (Å²) in [6.45, 7) is 0.762. The number of nitrogens with zero attached hydrogens (tertiary/aromatic N) is 3. The Morgan fingerprint density at radius 1 is 1.21 bits per heavy atom. The van der Waals surface area contributed by atoms with E-state index in [4.69, 9.17) is 14.0 Å². The summed E-state index contributed by atoms with van der Waals surface area (Å²) < 4.78 is 28.6. The molecule has 29 heavy (non-hydrogen) atoms. The second-order valence-corrected chi connectivity index (χ2v) is 6.12. The van der Waals surface area contributed by atoms with Gasteiger partial charge in [-0.1, -0.05) is 5.16 Å². The highest BCUT2D eigenvalue weighted by molar-refractivity contribution is 5.91. The topological polar surface area (TPSA) is 99.4 Å². The van der Waals surface area contributed by atoms with Crippen LogP contribution in [-0.4, -0.2) is 41.4 Å². The summed E-state index contributed by atoms with van der Waals surface area (Å²) in [4.78, 5) is 20.6. The molecule has 0 spiro atoms.